The highest BCUT2D eigenvalue weighted by Gasteiger charge is 2.29. The van der Waals surface area contributed by atoms with Crippen molar-refractivity contribution in [3.05, 3.63) is 99.7 Å². The van der Waals surface area contributed by atoms with Crippen LogP contribution >= 0.6 is 23.2 Å². The lowest BCUT2D eigenvalue weighted by Gasteiger charge is -2.15. The number of carbonyl (C=O) groups excluding carboxylic acids is 1. The van der Waals surface area contributed by atoms with Crippen molar-refractivity contribution in [2.24, 2.45) is 0 Å². The third-order valence-corrected chi connectivity index (χ3v) is 6.91. The zero-order valence-electron chi connectivity index (χ0n) is 18.7. The second-order valence-corrected chi connectivity index (χ2v) is 9.13. The lowest BCUT2D eigenvalue weighted by Crippen LogP contribution is -2.31. The molecule has 0 bridgehead atoms. The van der Waals surface area contributed by atoms with Gasteiger partial charge in [-0.2, -0.15) is 0 Å². The minimum Gasteiger partial charge on any atom is -0.489 e. The average Bonchev–Trinajstić information content (AvgIpc) is 3.46. The number of ether oxygens (including phenoxy) is 1. The van der Waals surface area contributed by atoms with E-state index in [1.165, 1.54) is 6.08 Å². The average molecular weight is 509 g/mol. The van der Waals surface area contributed by atoms with Crippen LogP contribution in [0.3, 0.4) is 0 Å². The molecule has 1 saturated heterocycles. The lowest BCUT2D eigenvalue weighted by atomic mass is 10.2. The fourth-order valence-corrected chi connectivity index (χ4v) is 4.76. The second-order valence-electron chi connectivity index (χ2n) is 8.31. The number of halogens is 2. The molecule has 4 aromatic rings. The Hall–Kier alpha value is -3.55. The van der Waals surface area contributed by atoms with Crippen LogP contribution in [0.2, 0.25) is 10.0 Å². The van der Waals surface area contributed by atoms with Gasteiger partial charge in [-0.1, -0.05) is 35.8 Å². The van der Waals surface area contributed by atoms with E-state index < -0.39 is 0 Å². The number of nitrogens with zero attached hydrogens (tertiary/aromatic N) is 4. The van der Waals surface area contributed by atoms with Gasteiger partial charge in [-0.3, -0.25) is 18.9 Å². The fourth-order valence-electron chi connectivity index (χ4n) is 4.44. The van der Waals surface area contributed by atoms with Gasteiger partial charge in [0, 0.05) is 19.3 Å². The van der Waals surface area contributed by atoms with Crippen molar-refractivity contribution in [3.63, 3.8) is 0 Å². The van der Waals surface area contributed by atoms with Crippen LogP contribution in [0.15, 0.2) is 78.4 Å². The van der Waals surface area contributed by atoms with Crippen LogP contribution in [-0.2, 0) is 11.4 Å². The molecule has 0 spiro atoms. The first-order valence-electron chi connectivity index (χ1n) is 11.1. The predicted molar refractivity (Wildman–Crippen MR) is 137 cm³/mol. The van der Waals surface area contributed by atoms with Gasteiger partial charge in [0.1, 0.15) is 12.4 Å². The van der Waals surface area contributed by atoms with Crippen LogP contribution < -0.4 is 10.4 Å². The van der Waals surface area contributed by atoms with E-state index in [1.807, 2.05) is 36.4 Å². The number of likely N-dealkylation sites (tertiary alicyclic amines) is 1. The molecule has 5 rings (SSSR count). The highest BCUT2D eigenvalue weighted by Crippen LogP contribution is 2.27. The van der Waals surface area contributed by atoms with Gasteiger partial charge in [-0.25, -0.2) is 4.79 Å². The van der Waals surface area contributed by atoms with E-state index in [-0.39, 0.29) is 17.6 Å². The molecule has 0 saturated carbocycles. The van der Waals surface area contributed by atoms with Gasteiger partial charge < -0.3 is 9.64 Å². The number of benzene rings is 2. The number of amides is 1. The zero-order valence-corrected chi connectivity index (χ0v) is 20.2. The molecule has 3 heterocycles. The van der Waals surface area contributed by atoms with Crippen molar-refractivity contribution >= 4 is 40.1 Å². The first kappa shape index (κ1) is 23.2. The van der Waals surface area contributed by atoms with Gasteiger partial charge in [0.05, 0.1) is 39.0 Å². The summed E-state index contributed by atoms with van der Waals surface area (Å²) in [7, 11) is 0. The van der Waals surface area contributed by atoms with E-state index >= 15 is 0 Å². The number of carbonyl (C=O) groups is 1. The Morgan fingerprint density at radius 3 is 2.66 bits per heavy atom. The minimum atomic E-state index is -0.171. The number of imidazole rings is 1. The summed E-state index contributed by atoms with van der Waals surface area (Å²) in [6, 6.07) is 14.4. The van der Waals surface area contributed by atoms with Crippen LogP contribution in [0, 0.1) is 0 Å². The molecule has 0 aliphatic carbocycles. The lowest BCUT2D eigenvalue weighted by molar-refractivity contribution is -0.125. The summed E-state index contributed by atoms with van der Waals surface area (Å²) in [4.78, 5) is 31.6. The Bertz CT molecular complexity index is 1480. The molecule has 9 heteroatoms. The third-order valence-electron chi connectivity index (χ3n) is 6.17. The molecule has 0 radical (unpaired) electrons. The number of rotatable bonds is 6. The molecule has 1 aliphatic rings. The summed E-state index contributed by atoms with van der Waals surface area (Å²) in [5.74, 6) is 0.534. The van der Waals surface area contributed by atoms with Crippen molar-refractivity contribution in [2.75, 3.05) is 13.1 Å². The Labute approximate surface area is 211 Å². The van der Waals surface area contributed by atoms with Gasteiger partial charge in [-0.05, 0) is 60.5 Å². The Morgan fingerprint density at radius 2 is 1.91 bits per heavy atom. The van der Waals surface area contributed by atoms with Crippen LogP contribution in [0.25, 0.3) is 16.7 Å². The van der Waals surface area contributed by atoms with E-state index in [4.69, 9.17) is 27.9 Å². The van der Waals surface area contributed by atoms with Crippen LogP contribution in [0.1, 0.15) is 18.0 Å². The van der Waals surface area contributed by atoms with E-state index in [9.17, 15) is 9.59 Å². The van der Waals surface area contributed by atoms with E-state index in [2.05, 4.69) is 11.6 Å². The van der Waals surface area contributed by atoms with Crippen molar-refractivity contribution in [1.82, 2.24) is 19.0 Å². The summed E-state index contributed by atoms with van der Waals surface area (Å²) in [5.41, 5.74) is 2.91. The Morgan fingerprint density at radius 1 is 1.11 bits per heavy atom. The van der Waals surface area contributed by atoms with Gasteiger partial charge in [0.25, 0.3) is 0 Å². The Balaban J connectivity index is 1.42. The monoisotopic (exact) mass is 508 g/mol. The zero-order chi connectivity index (χ0) is 24.5. The second kappa shape index (κ2) is 9.60. The molecule has 2 aromatic heterocycles. The quantitative estimate of drug-likeness (QED) is 0.342. The maximum absolute atomic E-state index is 13.6. The topological polar surface area (TPSA) is 69.4 Å². The highest BCUT2D eigenvalue weighted by atomic mass is 35.5. The molecule has 35 heavy (non-hydrogen) atoms. The van der Waals surface area contributed by atoms with Gasteiger partial charge in [-0.15, -0.1) is 0 Å². The van der Waals surface area contributed by atoms with Crippen molar-refractivity contribution in [2.45, 2.75) is 19.1 Å². The normalized spacial score (nSPS) is 15.5. The maximum atomic E-state index is 13.6. The van der Waals surface area contributed by atoms with Crippen LogP contribution in [0.4, 0.5) is 0 Å². The number of fused-ring (bicyclic) bond motifs is 1. The fraction of sp³-hybridized carbons (Fsp3) is 0.192. The number of pyridine rings is 1. The standard InChI is InChI=1S/C26H22Cl2N4O3/c1-2-25(33)30-12-10-19(15-30)32-23-9-11-29-14-24(23)31(26(32)34)18-4-6-20(7-5-18)35-16-17-3-8-21(27)22(28)13-17/h2-9,11,13-14,19H,1,10,12,15-16H2. The van der Waals surface area contributed by atoms with Crippen LogP contribution in [0.5, 0.6) is 5.75 Å². The van der Waals surface area contributed by atoms with Crippen LogP contribution in [-0.4, -0.2) is 38.0 Å². The maximum Gasteiger partial charge on any atom is 0.334 e. The largest absolute Gasteiger partial charge is 0.489 e. The summed E-state index contributed by atoms with van der Waals surface area (Å²) >= 11 is 12.0. The molecule has 1 aliphatic heterocycles. The molecule has 1 fully saturated rings. The third kappa shape index (κ3) is 4.45. The van der Waals surface area contributed by atoms with Crippen molar-refractivity contribution in [3.8, 4) is 11.4 Å². The molecule has 7 nitrogen and oxygen atoms in total. The number of hydrogen-bond acceptors (Lipinski definition) is 4. The first-order chi connectivity index (χ1) is 17.0. The molecular formula is C26H22Cl2N4O3. The summed E-state index contributed by atoms with van der Waals surface area (Å²) < 4.78 is 9.28. The molecule has 1 amide bonds. The Kier molecular flexibility index (Phi) is 6.36. The van der Waals surface area contributed by atoms with Gasteiger partial charge >= 0.3 is 5.69 Å². The number of aromatic nitrogens is 3. The summed E-state index contributed by atoms with van der Waals surface area (Å²) in [6.07, 6.45) is 5.36. The predicted octanol–water partition coefficient (Wildman–Crippen LogP) is 5.03. The summed E-state index contributed by atoms with van der Waals surface area (Å²) in [6.45, 7) is 4.95. The SMILES string of the molecule is C=CC(=O)N1CCC(n2c(=O)n(-c3ccc(OCc4ccc(Cl)c(Cl)c4)cc3)c3cnccc32)C1. The molecular weight excluding hydrogens is 487 g/mol. The number of hydrogen-bond donors (Lipinski definition) is 0. The molecule has 2 aromatic carbocycles. The first-order valence-corrected chi connectivity index (χ1v) is 11.9. The molecule has 1 atom stereocenters. The van der Waals surface area contributed by atoms with Crippen molar-refractivity contribution in [1.29, 1.82) is 0 Å². The van der Waals surface area contributed by atoms with Gasteiger partial charge in [0.2, 0.25) is 5.91 Å². The van der Waals surface area contributed by atoms with E-state index in [1.54, 1.807) is 38.6 Å². The molecule has 0 N–H and O–H groups in total. The van der Waals surface area contributed by atoms with E-state index in [0.717, 1.165) is 11.1 Å². The van der Waals surface area contributed by atoms with Crippen molar-refractivity contribution < 1.29 is 9.53 Å². The van der Waals surface area contributed by atoms with E-state index in [0.29, 0.717) is 53.1 Å². The smallest absolute Gasteiger partial charge is 0.334 e. The molecule has 178 valence electrons. The minimum absolute atomic E-state index is 0.119. The van der Waals surface area contributed by atoms with Gasteiger partial charge in [0.15, 0.2) is 0 Å². The summed E-state index contributed by atoms with van der Waals surface area (Å²) in [5, 5.41) is 0.975. The highest BCUT2D eigenvalue weighted by molar-refractivity contribution is 6.42. The molecule has 1 unspecified atom stereocenters.